The minimum absolute atomic E-state index is 0.0474. The Hall–Kier alpha value is -2.43. The van der Waals surface area contributed by atoms with E-state index in [-0.39, 0.29) is 11.3 Å². The second kappa shape index (κ2) is 6.38. The number of carbonyl (C=O) groups excluding carboxylic acids is 1. The van der Waals surface area contributed by atoms with E-state index in [9.17, 15) is 9.18 Å². The smallest absolute Gasteiger partial charge is 0.162 e. The van der Waals surface area contributed by atoms with Gasteiger partial charge in [0, 0.05) is 27.4 Å². The van der Waals surface area contributed by atoms with Gasteiger partial charge in [-0.1, -0.05) is 23.2 Å². The average molecular weight is 387 g/mol. The summed E-state index contributed by atoms with van der Waals surface area (Å²) in [6, 6.07) is 11.8. The molecule has 3 aromatic rings. The SMILES string of the molecule is CC(=O)c1cc(C2=NCc3c(Cl)cc(Cl)cc3-n3cccc32)ccc1F. The van der Waals surface area contributed by atoms with Gasteiger partial charge in [-0.15, -0.1) is 0 Å². The molecule has 1 aliphatic rings. The molecule has 0 saturated heterocycles. The van der Waals surface area contributed by atoms with Gasteiger partial charge in [-0.2, -0.15) is 0 Å². The molecule has 4 rings (SSSR count). The second-order valence-electron chi connectivity index (χ2n) is 6.06. The summed E-state index contributed by atoms with van der Waals surface area (Å²) in [5, 5.41) is 1.08. The fourth-order valence-corrected chi connectivity index (χ4v) is 3.71. The van der Waals surface area contributed by atoms with E-state index in [1.807, 2.05) is 29.0 Å². The third-order valence-electron chi connectivity index (χ3n) is 4.40. The zero-order chi connectivity index (χ0) is 18.4. The Morgan fingerprint density at radius 1 is 1.19 bits per heavy atom. The molecule has 26 heavy (non-hydrogen) atoms. The van der Waals surface area contributed by atoms with Gasteiger partial charge in [0.15, 0.2) is 5.78 Å². The molecule has 0 atom stereocenters. The van der Waals surface area contributed by atoms with Gasteiger partial charge >= 0.3 is 0 Å². The molecule has 1 aliphatic heterocycles. The summed E-state index contributed by atoms with van der Waals surface area (Å²) in [6.07, 6.45) is 1.90. The second-order valence-corrected chi connectivity index (χ2v) is 6.91. The summed E-state index contributed by atoms with van der Waals surface area (Å²) in [7, 11) is 0. The van der Waals surface area contributed by atoms with E-state index in [1.54, 1.807) is 18.2 Å². The third kappa shape index (κ3) is 2.75. The highest BCUT2D eigenvalue weighted by atomic mass is 35.5. The van der Waals surface area contributed by atoms with E-state index < -0.39 is 5.82 Å². The van der Waals surface area contributed by atoms with Crippen molar-refractivity contribution in [1.29, 1.82) is 0 Å². The maximum Gasteiger partial charge on any atom is 0.162 e. The third-order valence-corrected chi connectivity index (χ3v) is 4.96. The molecule has 1 aromatic heterocycles. The van der Waals surface area contributed by atoms with Crippen molar-refractivity contribution >= 4 is 34.7 Å². The quantitative estimate of drug-likeness (QED) is 0.537. The van der Waals surface area contributed by atoms with Crippen LogP contribution in [0.15, 0.2) is 53.7 Å². The predicted octanol–water partition coefficient (Wildman–Crippen LogP) is 5.48. The molecule has 0 bridgehead atoms. The number of halogens is 3. The van der Waals surface area contributed by atoms with Crippen LogP contribution in [-0.2, 0) is 6.54 Å². The lowest BCUT2D eigenvalue weighted by atomic mass is 10.0. The number of rotatable bonds is 2. The van der Waals surface area contributed by atoms with Crippen LogP contribution >= 0.6 is 23.2 Å². The number of hydrogen-bond donors (Lipinski definition) is 0. The van der Waals surface area contributed by atoms with E-state index in [4.69, 9.17) is 28.2 Å². The summed E-state index contributed by atoms with van der Waals surface area (Å²) >= 11 is 12.6. The molecule has 0 fully saturated rings. The first-order valence-corrected chi connectivity index (χ1v) is 8.72. The zero-order valence-corrected chi connectivity index (χ0v) is 15.3. The standard InChI is InChI=1S/C20H13Cl2FN2O/c1-11(26)14-7-12(4-5-17(14)23)20-18-3-2-6-25(18)19-9-13(21)8-16(22)15(19)10-24-20/h2-9H,10H2,1H3. The van der Waals surface area contributed by atoms with Gasteiger partial charge < -0.3 is 4.57 Å². The lowest BCUT2D eigenvalue weighted by Gasteiger charge is -2.12. The van der Waals surface area contributed by atoms with Gasteiger partial charge in [-0.25, -0.2) is 4.39 Å². The number of nitrogens with zero attached hydrogens (tertiary/aromatic N) is 2. The molecule has 0 saturated carbocycles. The molecular weight excluding hydrogens is 374 g/mol. The van der Waals surface area contributed by atoms with Crippen LogP contribution in [0.25, 0.3) is 5.69 Å². The van der Waals surface area contributed by atoms with Gasteiger partial charge in [0.25, 0.3) is 0 Å². The Morgan fingerprint density at radius 3 is 2.77 bits per heavy atom. The Balaban J connectivity index is 1.93. The topological polar surface area (TPSA) is 34.4 Å². The predicted molar refractivity (Wildman–Crippen MR) is 102 cm³/mol. The molecular formula is C20H13Cl2FN2O. The maximum atomic E-state index is 13.9. The van der Waals surface area contributed by atoms with Crippen molar-refractivity contribution in [3.63, 3.8) is 0 Å². The lowest BCUT2D eigenvalue weighted by molar-refractivity contribution is 0.101. The Kier molecular flexibility index (Phi) is 4.17. The zero-order valence-electron chi connectivity index (χ0n) is 13.8. The number of aromatic nitrogens is 1. The van der Waals surface area contributed by atoms with Gasteiger partial charge in [0.1, 0.15) is 5.82 Å². The molecule has 0 spiro atoms. The summed E-state index contributed by atoms with van der Waals surface area (Å²) in [5.74, 6) is -0.865. The minimum atomic E-state index is -0.538. The number of Topliss-reactive ketones (excluding diaryl/α,β-unsaturated/α-hetero) is 1. The first kappa shape index (κ1) is 17.0. The summed E-state index contributed by atoms with van der Waals surface area (Å²) in [6.45, 7) is 1.70. The van der Waals surface area contributed by atoms with Crippen molar-refractivity contribution in [3.8, 4) is 5.69 Å². The molecule has 2 heterocycles. The molecule has 0 aliphatic carbocycles. The summed E-state index contributed by atoms with van der Waals surface area (Å²) in [4.78, 5) is 16.4. The van der Waals surface area contributed by atoms with Crippen molar-refractivity contribution in [1.82, 2.24) is 4.57 Å². The monoisotopic (exact) mass is 386 g/mol. The van der Waals surface area contributed by atoms with Crippen molar-refractivity contribution in [2.75, 3.05) is 0 Å². The molecule has 0 N–H and O–H groups in total. The van der Waals surface area contributed by atoms with E-state index in [2.05, 4.69) is 0 Å². The van der Waals surface area contributed by atoms with E-state index in [0.29, 0.717) is 27.9 Å². The molecule has 0 unspecified atom stereocenters. The van der Waals surface area contributed by atoms with Crippen LogP contribution in [0.3, 0.4) is 0 Å². The summed E-state index contributed by atoms with van der Waals surface area (Å²) in [5.41, 5.74) is 3.93. The van der Waals surface area contributed by atoms with Crippen molar-refractivity contribution < 1.29 is 9.18 Å². The number of fused-ring (bicyclic) bond motifs is 3. The maximum absolute atomic E-state index is 13.9. The number of aliphatic imine (C=N–C) groups is 1. The number of benzene rings is 2. The first-order chi connectivity index (χ1) is 12.5. The lowest BCUT2D eigenvalue weighted by Crippen LogP contribution is -2.10. The minimum Gasteiger partial charge on any atom is -0.315 e. The number of hydrogen-bond acceptors (Lipinski definition) is 2. The van der Waals surface area contributed by atoms with Crippen LogP contribution in [0.2, 0.25) is 10.0 Å². The molecule has 6 heteroatoms. The number of carbonyl (C=O) groups is 1. The first-order valence-electron chi connectivity index (χ1n) is 7.97. The van der Waals surface area contributed by atoms with Crippen molar-refractivity contribution in [3.05, 3.63) is 86.9 Å². The highest BCUT2D eigenvalue weighted by Gasteiger charge is 2.21. The normalized spacial score (nSPS) is 12.8. The van der Waals surface area contributed by atoms with Crippen molar-refractivity contribution in [2.45, 2.75) is 13.5 Å². The summed E-state index contributed by atoms with van der Waals surface area (Å²) < 4.78 is 15.9. The van der Waals surface area contributed by atoms with Crippen LogP contribution in [0.5, 0.6) is 0 Å². The van der Waals surface area contributed by atoms with Crippen LogP contribution in [-0.4, -0.2) is 16.1 Å². The Bertz CT molecular complexity index is 1090. The van der Waals surface area contributed by atoms with E-state index in [0.717, 1.165) is 16.9 Å². The van der Waals surface area contributed by atoms with Gasteiger partial charge in [-0.3, -0.25) is 9.79 Å². The van der Waals surface area contributed by atoms with Gasteiger partial charge in [0.2, 0.25) is 0 Å². The van der Waals surface area contributed by atoms with Crippen LogP contribution in [0.1, 0.15) is 34.1 Å². The van der Waals surface area contributed by atoms with Crippen molar-refractivity contribution in [2.24, 2.45) is 4.99 Å². The average Bonchev–Trinajstić information content (AvgIpc) is 3.01. The fraction of sp³-hybridized carbons (Fsp3) is 0.100. The van der Waals surface area contributed by atoms with E-state index in [1.165, 1.54) is 13.0 Å². The van der Waals surface area contributed by atoms with Gasteiger partial charge in [-0.05, 0) is 49.4 Å². The molecule has 0 amide bonds. The molecule has 3 nitrogen and oxygen atoms in total. The Morgan fingerprint density at radius 2 is 2.00 bits per heavy atom. The Labute approximate surface area is 159 Å². The highest BCUT2D eigenvalue weighted by molar-refractivity contribution is 6.35. The highest BCUT2D eigenvalue weighted by Crippen LogP contribution is 2.33. The van der Waals surface area contributed by atoms with E-state index >= 15 is 0 Å². The molecule has 2 aromatic carbocycles. The number of ketones is 1. The van der Waals surface area contributed by atoms with Crippen LogP contribution in [0, 0.1) is 5.82 Å². The van der Waals surface area contributed by atoms with Crippen LogP contribution in [0.4, 0.5) is 4.39 Å². The molecule has 0 radical (unpaired) electrons. The van der Waals surface area contributed by atoms with Crippen LogP contribution < -0.4 is 0 Å². The van der Waals surface area contributed by atoms with Gasteiger partial charge in [0.05, 0.1) is 29.2 Å². The molecule has 130 valence electrons. The largest absolute Gasteiger partial charge is 0.315 e. The fourth-order valence-electron chi connectivity index (χ4n) is 3.17.